The molecule has 3 N–H and O–H groups in total. The van der Waals surface area contributed by atoms with Crippen LogP contribution < -0.4 is 11.1 Å². The largest absolute Gasteiger partial charge is 0.384 e. The van der Waals surface area contributed by atoms with Gasteiger partial charge in [-0.3, -0.25) is 0 Å². The molecule has 1 rings (SSSR count). The van der Waals surface area contributed by atoms with Gasteiger partial charge in [0.25, 0.3) is 0 Å². The van der Waals surface area contributed by atoms with Gasteiger partial charge in [-0.05, 0) is 19.1 Å². The van der Waals surface area contributed by atoms with E-state index in [2.05, 4.69) is 10.3 Å². The van der Waals surface area contributed by atoms with Crippen LogP contribution in [0.5, 0.6) is 0 Å². The van der Waals surface area contributed by atoms with Crippen LogP contribution in [0.2, 0.25) is 5.15 Å². The number of nitrogens with zero attached hydrogens (tertiary/aromatic N) is 1. The van der Waals surface area contributed by atoms with Crippen LogP contribution >= 0.6 is 11.6 Å². The highest BCUT2D eigenvalue weighted by molar-refractivity contribution is 6.29. The summed E-state index contributed by atoms with van der Waals surface area (Å²) in [5, 5.41) is 3.64. The van der Waals surface area contributed by atoms with Crippen molar-refractivity contribution < 1.29 is 0 Å². The SMILES string of the molecule is Cc1cc(NCCN)cc(Cl)n1. The van der Waals surface area contributed by atoms with E-state index in [9.17, 15) is 0 Å². The topological polar surface area (TPSA) is 50.9 Å². The number of halogens is 1. The summed E-state index contributed by atoms with van der Waals surface area (Å²) in [6.45, 7) is 3.26. The molecule has 0 fully saturated rings. The third kappa shape index (κ3) is 2.68. The van der Waals surface area contributed by atoms with Gasteiger partial charge >= 0.3 is 0 Å². The van der Waals surface area contributed by atoms with E-state index >= 15 is 0 Å². The van der Waals surface area contributed by atoms with E-state index in [1.807, 2.05) is 13.0 Å². The molecule has 0 atom stereocenters. The van der Waals surface area contributed by atoms with Gasteiger partial charge in [-0.1, -0.05) is 11.6 Å². The van der Waals surface area contributed by atoms with Gasteiger partial charge in [-0.25, -0.2) is 4.98 Å². The van der Waals surface area contributed by atoms with Gasteiger partial charge in [0.15, 0.2) is 0 Å². The molecule has 3 nitrogen and oxygen atoms in total. The van der Waals surface area contributed by atoms with Crippen molar-refractivity contribution in [2.45, 2.75) is 6.92 Å². The van der Waals surface area contributed by atoms with Crippen LogP contribution in [0, 0.1) is 6.92 Å². The average Bonchev–Trinajstić information content (AvgIpc) is 1.99. The summed E-state index contributed by atoms with van der Waals surface area (Å²) >= 11 is 5.75. The van der Waals surface area contributed by atoms with E-state index in [0.29, 0.717) is 11.7 Å². The highest BCUT2D eigenvalue weighted by Gasteiger charge is 1.95. The predicted octanol–water partition coefficient (Wildman–Crippen LogP) is 1.41. The van der Waals surface area contributed by atoms with Crippen molar-refractivity contribution in [3.8, 4) is 0 Å². The highest BCUT2D eigenvalue weighted by atomic mass is 35.5. The lowest BCUT2D eigenvalue weighted by Gasteiger charge is -2.05. The van der Waals surface area contributed by atoms with E-state index in [0.717, 1.165) is 17.9 Å². The molecule has 66 valence electrons. The van der Waals surface area contributed by atoms with Crippen molar-refractivity contribution in [3.05, 3.63) is 23.0 Å². The maximum atomic E-state index is 5.75. The fourth-order valence-electron chi connectivity index (χ4n) is 0.947. The summed E-state index contributed by atoms with van der Waals surface area (Å²) in [5.41, 5.74) is 7.22. The van der Waals surface area contributed by atoms with Crippen LogP contribution in [-0.2, 0) is 0 Å². The predicted molar refractivity (Wildman–Crippen MR) is 51.5 cm³/mol. The maximum Gasteiger partial charge on any atom is 0.131 e. The smallest absolute Gasteiger partial charge is 0.131 e. The molecular weight excluding hydrogens is 174 g/mol. The summed E-state index contributed by atoms with van der Waals surface area (Å²) in [5.74, 6) is 0. The number of hydrogen-bond donors (Lipinski definition) is 2. The van der Waals surface area contributed by atoms with Crippen LogP contribution in [0.15, 0.2) is 12.1 Å². The molecule has 0 saturated heterocycles. The molecule has 0 unspecified atom stereocenters. The Labute approximate surface area is 76.9 Å². The van der Waals surface area contributed by atoms with Crippen LogP contribution in [-0.4, -0.2) is 18.1 Å². The number of anilines is 1. The number of aromatic nitrogens is 1. The molecule has 1 heterocycles. The second kappa shape index (κ2) is 4.28. The van der Waals surface area contributed by atoms with Crippen LogP contribution in [0.3, 0.4) is 0 Å². The molecule has 0 amide bonds. The van der Waals surface area contributed by atoms with Crippen LogP contribution in [0.25, 0.3) is 0 Å². The minimum Gasteiger partial charge on any atom is -0.384 e. The van der Waals surface area contributed by atoms with Gasteiger partial charge in [-0.15, -0.1) is 0 Å². The number of hydrogen-bond acceptors (Lipinski definition) is 3. The van der Waals surface area contributed by atoms with Crippen molar-refractivity contribution in [3.63, 3.8) is 0 Å². The Morgan fingerprint density at radius 3 is 2.92 bits per heavy atom. The minimum atomic E-state index is 0.509. The standard InChI is InChI=1S/C8H12ClN3/c1-6-4-7(11-3-2-10)5-8(9)12-6/h4-5H,2-3,10H2,1H3,(H,11,12). The monoisotopic (exact) mass is 185 g/mol. The fourth-order valence-corrected chi connectivity index (χ4v) is 1.20. The zero-order valence-corrected chi connectivity index (χ0v) is 7.73. The lowest BCUT2D eigenvalue weighted by Crippen LogP contribution is -2.13. The van der Waals surface area contributed by atoms with E-state index in [4.69, 9.17) is 17.3 Å². The normalized spacial score (nSPS) is 9.92. The molecule has 1 aromatic rings. The first kappa shape index (κ1) is 9.29. The van der Waals surface area contributed by atoms with Gasteiger partial charge in [0, 0.05) is 24.5 Å². The molecule has 0 aromatic carbocycles. The Morgan fingerprint density at radius 2 is 2.33 bits per heavy atom. The van der Waals surface area contributed by atoms with E-state index in [1.54, 1.807) is 6.07 Å². The number of nitrogens with one attached hydrogen (secondary N) is 1. The molecule has 0 aliphatic carbocycles. The molecule has 12 heavy (non-hydrogen) atoms. The molecule has 1 aromatic heterocycles. The Morgan fingerprint density at radius 1 is 1.58 bits per heavy atom. The highest BCUT2D eigenvalue weighted by Crippen LogP contribution is 2.14. The van der Waals surface area contributed by atoms with E-state index < -0.39 is 0 Å². The molecular formula is C8H12ClN3. The van der Waals surface area contributed by atoms with Gasteiger partial charge in [0.1, 0.15) is 5.15 Å². The Kier molecular flexibility index (Phi) is 3.31. The van der Waals surface area contributed by atoms with Crippen molar-refractivity contribution in [2.75, 3.05) is 18.4 Å². The Balaban J connectivity index is 2.72. The first-order valence-corrected chi connectivity index (χ1v) is 4.18. The molecule has 0 aliphatic heterocycles. The van der Waals surface area contributed by atoms with Crippen molar-refractivity contribution in [1.82, 2.24) is 4.98 Å². The van der Waals surface area contributed by atoms with E-state index in [1.165, 1.54) is 0 Å². The minimum absolute atomic E-state index is 0.509. The second-order valence-corrected chi connectivity index (χ2v) is 2.92. The van der Waals surface area contributed by atoms with Gasteiger partial charge in [0.05, 0.1) is 0 Å². The maximum absolute atomic E-state index is 5.75. The molecule has 0 spiro atoms. The van der Waals surface area contributed by atoms with Crippen molar-refractivity contribution in [1.29, 1.82) is 0 Å². The quantitative estimate of drug-likeness (QED) is 0.701. The number of pyridine rings is 1. The Hall–Kier alpha value is -0.800. The first-order chi connectivity index (χ1) is 5.72. The Bertz CT molecular complexity index is 242. The fraction of sp³-hybridized carbons (Fsp3) is 0.375. The lowest BCUT2D eigenvalue weighted by molar-refractivity contribution is 1.02. The summed E-state index contributed by atoms with van der Waals surface area (Å²) in [6.07, 6.45) is 0. The summed E-state index contributed by atoms with van der Waals surface area (Å²) in [4.78, 5) is 4.04. The van der Waals surface area contributed by atoms with Crippen molar-refractivity contribution in [2.24, 2.45) is 5.73 Å². The zero-order chi connectivity index (χ0) is 8.97. The number of rotatable bonds is 3. The first-order valence-electron chi connectivity index (χ1n) is 3.80. The molecule has 0 bridgehead atoms. The average molecular weight is 186 g/mol. The summed E-state index contributed by atoms with van der Waals surface area (Å²) in [7, 11) is 0. The third-order valence-electron chi connectivity index (χ3n) is 1.40. The number of nitrogens with two attached hydrogens (primary N) is 1. The lowest BCUT2D eigenvalue weighted by atomic mass is 10.3. The van der Waals surface area contributed by atoms with Crippen LogP contribution in [0.4, 0.5) is 5.69 Å². The second-order valence-electron chi connectivity index (χ2n) is 2.54. The van der Waals surface area contributed by atoms with Gasteiger partial charge < -0.3 is 11.1 Å². The molecule has 0 radical (unpaired) electrons. The van der Waals surface area contributed by atoms with Crippen LogP contribution in [0.1, 0.15) is 5.69 Å². The van der Waals surface area contributed by atoms with E-state index in [-0.39, 0.29) is 0 Å². The number of aryl methyl sites for hydroxylation is 1. The molecule has 0 aliphatic rings. The third-order valence-corrected chi connectivity index (χ3v) is 1.59. The molecule has 4 heteroatoms. The summed E-state index contributed by atoms with van der Waals surface area (Å²) < 4.78 is 0. The van der Waals surface area contributed by atoms with Crippen molar-refractivity contribution >= 4 is 17.3 Å². The zero-order valence-electron chi connectivity index (χ0n) is 6.97. The van der Waals surface area contributed by atoms with Gasteiger partial charge in [0.2, 0.25) is 0 Å². The van der Waals surface area contributed by atoms with Gasteiger partial charge in [-0.2, -0.15) is 0 Å². The molecule has 0 saturated carbocycles. The summed E-state index contributed by atoms with van der Waals surface area (Å²) in [6, 6.07) is 3.71.